The van der Waals surface area contributed by atoms with Crippen LogP contribution in [0.1, 0.15) is 38.2 Å². The van der Waals surface area contributed by atoms with Gasteiger partial charge in [-0.1, -0.05) is 43.2 Å². The van der Waals surface area contributed by atoms with Crippen molar-refractivity contribution in [2.24, 2.45) is 11.7 Å². The van der Waals surface area contributed by atoms with E-state index in [0.29, 0.717) is 6.54 Å². The molecule has 2 amide bonds. The molecule has 5 heteroatoms. The SMILES string of the molecule is CC1(N)CCCCC1C(=O)NCC(=O)NCCc1ccccc1. The summed E-state index contributed by atoms with van der Waals surface area (Å²) in [4.78, 5) is 24.1. The predicted molar refractivity (Wildman–Crippen MR) is 90.7 cm³/mol. The molecule has 1 aromatic rings. The van der Waals surface area contributed by atoms with E-state index in [1.807, 2.05) is 37.3 Å². The number of hydrogen-bond acceptors (Lipinski definition) is 3. The van der Waals surface area contributed by atoms with Gasteiger partial charge < -0.3 is 16.4 Å². The second kappa shape index (κ2) is 8.11. The van der Waals surface area contributed by atoms with E-state index >= 15 is 0 Å². The number of rotatable bonds is 6. The number of amides is 2. The molecule has 5 nitrogen and oxygen atoms in total. The van der Waals surface area contributed by atoms with Crippen molar-refractivity contribution < 1.29 is 9.59 Å². The fourth-order valence-electron chi connectivity index (χ4n) is 3.13. The molecule has 0 aliphatic heterocycles. The van der Waals surface area contributed by atoms with Gasteiger partial charge in [-0.2, -0.15) is 0 Å². The summed E-state index contributed by atoms with van der Waals surface area (Å²) in [6, 6.07) is 9.98. The van der Waals surface area contributed by atoms with Crippen LogP contribution in [0.4, 0.5) is 0 Å². The highest BCUT2D eigenvalue weighted by Crippen LogP contribution is 2.31. The molecule has 1 aromatic carbocycles. The molecule has 23 heavy (non-hydrogen) atoms. The van der Waals surface area contributed by atoms with Gasteiger partial charge in [-0.15, -0.1) is 0 Å². The molecule has 1 saturated carbocycles. The molecule has 2 rings (SSSR count). The minimum Gasteiger partial charge on any atom is -0.354 e. The zero-order valence-corrected chi connectivity index (χ0v) is 13.8. The molecule has 2 atom stereocenters. The van der Waals surface area contributed by atoms with E-state index in [2.05, 4.69) is 10.6 Å². The minimum atomic E-state index is -0.466. The van der Waals surface area contributed by atoms with Gasteiger partial charge >= 0.3 is 0 Å². The number of hydrogen-bond donors (Lipinski definition) is 3. The highest BCUT2D eigenvalue weighted by atomic mass is 16.2. The summed E-state index contributed by atoms with van der Waals surface area (Å²) in [7, 11) is 0. The maximum atomic E-state index is 12.2. The molecule has 4 N–H and O–H groups in total. The Bertz CT molecular complexity index is 528. The van der Waals surface area contributed by atoms with Crippen LogP contribution in [0.3, 0.4) is 0 Å². The molecule has 0 saturated heterocycles. The van der Waals surface area contributed by atoms with Gasteiger partial charge in [0.1, 0.15) is 0 Å². The molecule has 126 valence electrons. The first kappa shape index (κ1) is 17.5. The molecule has 0 heterocycles. The van der Waals surface area contributed by atoms with Gasteiger partial charge in [-0.25, -0.2) is 0 Å². The standard InChI is InChI=1S/C18H27N3O2/c1-18(19)11-6-5-9-15(18)17(23)21-13-16(22)20-12-10-14-7-3-2-4-8-14/h2-4,7-8,15H,5-6,9-13,19H2,1H3,(H,20,22)(H,21,23). The molecule has 1 fully saturated rings. The monoisotopic (exact) mass is 317 g/mol. The average Bonchev–Trinajstić information content (AvgIpc) is 2.53. The average molecular weight is 317 g/mol. The molecule has 1 aliphatic carbocycles. The van der Waals surface area contributed by atoms with E-state index in [1.54, 1.807) is 0 Å². The first-order chi connectivity index (χ1) is 11.0. The lowest BCUT2D eigenvalue weighted by Gasteiger charge is -2.37. The van der Waals surface area contributed by atoms with Crippen LogP contribution in [-0.4, -0.2) is 30.4 Å². The van der Waals surface area contributed by atoms with Crippen molar-refractivity contribution in [3.05, 3.63) is 35.9 Å². The lowest BCUT2D eigenvalue weighted by atomic mass is 9.74. The Balaban J connectivity index is 1.68. The van der Waals surface area contributed by atoms with Crippen molar-refractivity contribution in [3.63, 3.8) is 0 Å². The Labute approximate surface area is 138 Å². The highest BCUT2D eigenvalue weighted by Gasteiger charge is 2.37. The number of carbonyl (C=O) groups excluding carboxylic acids is 2. The lowest BCUT2D eigenvalue weighted by molar-refractivity contribution is -0.130. The van der Waals surface area contributed by atoms with Crippen LogP contribution in [0.25, 0.3) is 0 Å². The van der Waals surface area contributed by atoms with E-state index in [4.69, 9.17) is 5.73 Å². The van der Waals surface area contributed by atoms with Crippen molar-refractivity contribution in [1.82, 2.24) is 10.6 Å². The third kappa shape index (κ3) is 5.36. The van der Waals surface area contributed by atoms with Gasteiger partial charge in [-0.3, -0.25) is 9.59 Å². The fraction of sp³-hybridized carbons (Fsp3) is 0.556. The third-order valence-electron chi connectivity index (χ3n) is 4.57. The Morgan fingerprint density at radius 1 is 1.22 bits per heavy atom. The molecular formula is C18H27N3O2. The summed E-state index contributed by atoms with van der Waals surface area (Å²) in [6.07, 6.45) is 4.53. The number of carbonyl (C=O) groups is 2. The zero-order chi connectivity index (χ0) is 16.7. The van der Waals surface area contributed by atoms with E-state index in [0.717, 1.165) is 32.1 Å². The van der Waals surface area contributed by atoms with E-state index < -0.39 is 5.54 Å². The summed E-state index contributed by atoms with van der Waals surface area (Å²) in [5.41, 5.74) is 6.93. The van der Waals surface area contributed by atoms with E-state index in [1.165, 1.54) is 5.56 Å². The smallest absolute Gasteiger partial charge is 0.239 e. The maximum absolute atomic E-state index is 12.2. The first-order valence-corrected chi connectivity index (χ1v) is 8.36. The summed E-state index contributed by atoms with van der Waals surface area (Å²) in [6.45, 7) is 2.51. The van der Waals surface area contributed by atoms with Gasteiger partial charge in [0, 0.05) is 12.1 Å². The van der Waals surface area contributed by atoms with Gasteiger partial charge in [0.2, 0.25) is 11.8 Å². The van der Waals surface area contributed by atoms with Crippen LogP contribution in [-0.2, 0) is 16.0 Å². The van der Waals surface area contributed by atoms with Crippen LogP contribution in [0.15, 0.2) is 30.3 Å². The molecule has 0 spiro atoms. The van der Waals surface area contributed by atoms with Crippen LogP contribution >= 0.6 is 0 Å². The summed E-state index contributed by atoms with van der Waals surface area (Å²) in [5.74, 6) is -0.468. The van der Waals surface area contributed by atoms with Crippen molar-refractivity contribution in [3.8, 4) is 0 Å². The Hall–Kier alpha value is -1.88. The van der Waals surface area contributed by atoms with Crippen LogP contribution in [0, 0.1) is 5.92 Å². The molecule has 1 aliphatic rings. The van der Waals surface area contributed by atoms with Crippen LogP contribution < -0.4 is 16.4 Å². The van der Waals surface area contributed by atoms with Gasteiger partial charge in [0.25, 0.3) is 0 Å². The Kier molecular flexibility index (Phi) is 6.16. The Morgan fingerprint density at radius 2 is 1.96 bits per heavy atom. The van der Waals surface area contributed by atoms with Crippen molar-refractivity contribution >= 4 is 11.8 Å². The van der Waals surface area contributed by atoms with Gasteiger partial charge in [0.15, 0.2) is 0 Å². The third-order valence-corrected chi connectivity index (χ3v) is 4.57. The number of nitrogens with one attached hydrogen (secondary N) is 2. The van der Waals surface area contributed by atoms with E-state index in [-0.39, 0.29) is 24.3 Å². The number of nitrogens with two attached hydrogens (primary N) is 1. The molecule has 0 radical (unpaired) electrons. The molecular weight excluding hydrogens is 290 g/mol. The highest BCUT2D eigenvalue weighted by molar-refractivity contribution is 5.86. The van der Waals surface area contributed by atoms with Crippen molar-refractivity contribution in [2.75, 3.05) is 13.1 Å². The van der Waals surface area contributed by atoms with Crippen LogP contribution in [0.2, 0.25) is 0 Å². The summed E-state index contributed by atoms with van der Waals surface area (Å²) < 4.78 is 0. The molecule has 0 bridgehead atoms. The van der Waals surface area contributed by atoms with Crippen molar-refractivity contribution in [2.45, 2.75) is 44.6 Å². The normalized spacial score (nSPS) is 24.0. The second-order valence-corrected chi connectivity index (χ2v) is 6.61. The Morgan fingerprint density at radius 3 is 2.65 bits per heavy atom. The zero-order valence-electron chi connectivity index (χ0n) is 13.8. The van der Waals surface area contributed by atoms with Crippen molar-refractivity contribution in [1.29, 1.82) is 0 Å². The van der Waals surface area contributed by atoms with Gasteiger partial charge in [-0.05, 0) is 31.7 Å². The first-order valence-electron chi connectivity index (χ1n) is 8.36. The summed E-state index contributed by atoms with van der Waals surface area (Å²) in [5, 5.41) is 5.55. The summed E-state index contributed by atoms with van der Waals surface area (Å²) >= 11 is 0. The van der Waals surface area contributed by atoms with E-state index in [9.17, 15) is 9.59 Å². The lowest BCUT2D eigenvalue weighted by Crippen LogP contribution is -2.53. The quantitative estimate of drug-likeness (QED) is 0.741. The van der Waals surface area contributed by atoms with Crippen LogP contribution in [0.5, 0.6) is 0 Å². The predicted octanol–water partition coefficient (Wildman–Crippen LogP) is 1.37. The fourth-order valence-corrected chi connectivity index (χ4v) is 3.13. The topological polar surface area (TPSA) is 84.2 Å². The second-order valence-electron chi connectivity index (χ2n) is 6.61. The molecule has 0 aromatic heterocycles. The molecule has 2 unspecified atom stereocenters. The maximum Gasteiger partial charge on any atom is 0.239 e. The largest absolute Gasteiger partial charge is 0.354 e. The minimum absolute atomic E-state index is 0.0141. The van der Waals surface area contributed by atoms with Gasteiger partial charge in [0.05, 0.1) is 12.5 Å². The number of benzene rings is 1.